The van der Waals surface area contributed by atoms with Crippen LogP contribution < -0.4 is 0 Å². The lowest BCUT2D eigenvalue weighted by Crippen LogP contribution is -2.20. The Morgan fingerprint density at radius 2 is 2.09 bits per heavy atom. The fourth-order valence-corrected chi connectivity index (χ4v) is 1.53. The van der Waals surface area contributed by atoms with Crippen LogP contribution in [0.1, 0.15) is 19.3 Å². The molecule has 0 radical (unpaired) electrons. The molecule has 2 heteroatoms. The molecule has 0 unspecified atom stereocenters. The maximum Gasteiger partial charge on any atom is 0.191 e. The maximum atomic E-state index is 5.37. The van der Waals surface area contributed by atoms with Gasteiger partial charge in [-0.05, 0) is 31.4 Å². The Morgan fingerprint density at radius 1 is 1.27 bits per heavy atom. The number of ether oxygens (including phenoxy) is 1. The number of rotatable bonds is 1. The Balaban J connectivity index is 1.97. The van der Waals surface area contributed by atoms with Crippen LogP contribution in [0.4, 0.5) is 0 Å². The third-order valence-electron chi connectivity index (χ3n) is 2.13. The van der Waals surface area contributed by atoms with Crippen molar-refractivity contribution in [2.45, 2.75) is 19.3 Å². The molecule has 2 heterocycles. The monoisotopic (exact) mass is 151 g/mol. The third-order valence-corrected chi connectivity index (χ3v) is 2.13. The molecule has 0 N–H and O–H groups in total. The molecule has 2 aliphatic heterocycles. The molecular formula is C9H13NO. The van der Waals surface area contributed by atoms with Crippen LogP contribution in [-0.2, 0) is 4.74 Å². The van der Waals surface area contributed by atoms with Crippen LogP contribution in [0.25, 0.3) is 0 Å². The zero-order valence-electron chi connectivity index (χ0n) is 6.62. The summed E-state index contributed by atoms with van der Waals surface area (Å²) in [6.45, 7) is 2.33. The highest BCUT2D eigenvalue weighted by Crippen LogP contribution is 2.18. The second-order valence-corrected chi connectivity index (χ2v) is 2.96. The van der Waals surface area contributed by atoms with Gasteiger partial charge in [0.1, 0.15) is 0 Å². The smallest absolute Gasteiger partial charge is 0.191 e. The van der Waals surface area contributed by atoms with Gasteiger partial charge in [0.05, 0.1) is 6.26 Å². The van der Waals surface area contributed by atoms with Crippen molar-refractivity contribution in [3.8, 4) is 0 Å². The predicted octanol–water partition coefficient (Wildman–Crippen LogP) is 1.86. The van der Waals surface area contributed by atoms with Crippen molar-refractivity contribution in [1.29, 1.82) is 0 Å². The second kappa shape index (κ2) is 2.99. The molecule has 0 aromatic carbocycles. The summed E-state index contributed by atoms with van der Waals surface area (Å²) in [7, 11) is 0. The van der Waals surface area contributed by atoms with Crippen molar-refractivity contribution in [2.75, 3.05) is 13.1 Å². The molecule has 0 amide bonds. The van der Waals surface area contributed by atoms with Gasteiger partial charge >= 0.3 is 0 Å². The Morgan fingerprint density at radius 3 is 2.73 bits per heavy atom. The van der Waals surface area contributed by atoms with Crippen molar-refractivity contribution in [1.82, 2.24) is 4.90 Å². The fraction of sp³-hybridized carbons (Fsp3) is 0.556. The minimum absolute atomic E-state index is 1.02. The number of likely N-dealkylation sites (tertiary alicyclic amines) is 1. The third kappa shape index (κ3) is 1.39. The van der Waals surface area contributed by atoms with Crippen LogP contribution in [0.3, 0.4) is 0 Å². The van der Waals surface area contributed by atoms with Gasteiger partial charge in [0, 0.05) is 13.1 Å². The van der Waals surface area contributed by atoms with Gasteiger partial charge in [0.25, 0.3) is 0 Å². The predicted molar refractivity (Wildman–Crippen MR) is 43.7 cm³/mol. The fourth-order valence-electron chi connectivity index (χ4n) is 1.53. The highest BCUT2D eigenvalue weighted by molar-refractivity contribution is 5.04. The minimum atomic E-state index is 1.02. The van der Waals surface area contributed by atoms with E-state index in [-0.39, 0.29) is 0 Å². The van der Waals surface area contributed by atoms with Crippen LogP contribution >= 0.6 is 0 Å². The van der Waals surface area contributed by atoms with Crippen molar-refractivity contribution in [2.24, 2.45) is 0 Å². The first-order valence-electron chi connectivity index (χ1n) is 4.23. The van der Waals surface area contributed by atoms with Gasteiger partial charge in [0.2, 0.25) is 0 Å². The van der Waals surface area contributed by atoms with E-state index in [1.807, 2.05) is 6.08 Å². The molecule has 1 fully saturated rings. The van der Waals surface area contributed by atoms with Crippen LogP contribution in [0.15, 0.2) is 24.3 Å². The summed E-state index contributed by atoms with van der Waals surface area (Å²) in [6, 6.07) is 0. The molecule has 0 aliphatic carbocycles. The van der Waals surface area contributed by atoms with E-state index in [2.05, 4.69) is 11.0 Å². The van der Waals surface area contributed by atoms with Crippen LogP contribution in [0, 0.1) is 0 Å². The molecule has 2 aliphatic rings. The average Bonchev–Trinajstić information content (AvgIpc) is 2.58. The maximum absolute atomic E-state index is 5.37. The molecule has 60 valence electrons. The van der Waals surface area contributed by atoms with Crippen molar-refractivity contribution < 1.29 is 4.74 Å². The van der Waals surface area contributed by atoms with E-state index >= 15 is 0 Å². The highest BCUT2D eigenvalue weighted by Gasteiger charge is 2.15. The molecule has 11 heavy (non-hydrogen) atoms. The lowest BCUT2D eigenvalue weighted by atomic mass is 10.3. The Bertz CT molecular complexity index is 190. The summed E-state index contributed by atoms with van der Waals surface area (Å²) in [5.74, 6) is 1.06. The Labute approximate surface area is 67.1 Å². The van der Waals surface area contributed by atoms with E-state index in [0.717, 1.165) is 12.3 Å². The van der Waals surface area contributed by atoms with E-state index < -0.39 is 0 Å². The summed E-state index contributed by atoms with van der Waals surface area (Å²) in [6.07, 6.45) is 9.60. The van der Waals surface area contributed by atoms with Gasteiger partial charge in [-0.25, -0.2) is 0 Å². The molecule has 0 atom stereocenters. The van der Waals surface area contributed by atoms with E-state index in [1.54, 1.807) is 6.26 Å². The Hall–Kier alpha value is -0.920. The quantitative estimate of drug-likeness (QED) is 0.567. The minimum Gasteiger partial charge on any atom is -0.450 e. The number of hydrogen-bond acceptors (Lipinski definition) is 2. The van der Waals surface area contributed by atoms with Gasteiger partial charge in [-0.15, -0.1) is 0 Å². The first-order valence-corrected chi connectivity index (χ1v) is 4.23. The second-order valence-electron chi connectivity index (χ2n) is 2.96. The molecule has 0 bridgehead atoms. The summed E-state index contributed by atoms with van der Waals surface area (Å²) >= 11 is 0. The molecule has 0 saturated carbocycles. The van der Waals surface area contributed by atoms with Gasteiger partial charge in [-0.2, -0.15) is 0 Å². The van der Waals surface area contributed by atoms with Gasteiger partial charge in [-0.3, -0.25) is 0 Å². The van der Waals surface area contributed by atoms with Gasteiger partial charge in [0.15, 0.2) is 5.88 Å². The van der Waals surface area contributed by atoms with E-state index in [9.17, 15) is 0 Å². The van der Waals surface area contributed by atoms with Crippen LogP contribution in [0.5, 0.6) is 0 Å². The summed E-state index contributed by atoms with van der Waals surface area (Å²) in [5, 5.41) is 0. The lowest BCUT2D eigenvalue weighted by Gasteiger charge is -2.21. The molecular weight excluding hydrogens is 138 g/mol. The van der Waals surface area contributed by atoms with Crippen molar-refractivity contribution in [3.63, 3.8) is 0 Å². The average molecular weight is 151 g/mol. The standard InChI is InChI=1S/C9H13NO/c1-4-8-11-9(5-1)10-6-2-3-7-10/h4-5,8H,1-3,6-7H2. The van der Waals surface area contributed by atoms with Crippen molar-refractivity contribution in [3.05, 3.63) is 24.3 Å². The van der Waals surface area contributed by atoms with Gasteiger partial charge in [-0.1, -0.05) is 0 Å². The normalized spacial score (nSPS) is 23.3. The molecule has 0 aromatic rings. The molecule has 0 aromatic heterocycles. The largest absolute Gasteiger partial charge is 0.450 e. The number of allylic oxidation sites excluding steroid dienone is 2. The summed E-state index contributed by atoms with van der Waals surface area (Å²) in [4.78, 5) is 2.31. The summed E-state index contributed by atoms with van der Waals surface area (Å²) in [5.41, 5.74) is 0. The molecule has 2 rings (SSSR count). The topological polar surface area (TPSA) is 12.5 Å². The number of hydrogen-bond donors (Lipinski definition) is 0. The molecule has 2 nitrogen and oxygen atoms in total. The van der Waals surface area contributed by atoms with Gasteiger partial charge < -0.3 is 9.64 Å². The summed E-state index contributed by atoms with van der Waals surface area (Å²) < 4.78 is 5.37. The van der Waals surface area contributed by atoms with E-state index in [0.29, 0.717) is 0 Å². The Kier molecular flexibility index (Phi) is 1.84. The van der Waals surface area contributed by atoms with E-state index in [4.69, 9.17) is 4.74 Å². The highest BCUT2D eigenvalue weighted by atomic mass is 16.5. The van der Waals surface area contributed by atoms with Crippen molar-refractivity contribution >= 4 is 0 Å². The zero-order valence-corrected chi connectivity index (χ0v) is 6.62. The lowest BCUT2D eigenvalue weighted by molar-refractivity contribution is 0.202. The molecule has 1 saturated heterocycles. The SMILES string of the molecule is C1=COC(N2CCCC2)=CC1. The van der Waals surface area contributed by atoms with E-state index in [1.165, 1.54) is 25.9 Å². The zero-order chi connectivity index (χ0) is 7.52. The van der Waals surface area contributed by atoms with Crippen LogP contribution in [-0.4, -0.2) is 18.0 Å². The molecule has 0 spiro atoms. The first-order chi connectivity index (χ1) is 5.47. The van der Waals surface area contributed by atoms with Crippen LogP contribution in [0.2, 0.25) is 0 Å². The number of nitrogens with zero attached hydrogens (tertiary/aromatic N) is 1. The first kappa shape index (κ1) is 6.77.